The number of hydrogen-bond donors (Lipinski definition) is 2. The maximum atomic E-state index is 9.55. The summed E-state index contributed by atoms with van der Waals surface area (Å²) in [4.78, 5) is 4.44. The fourth-order valence-electron chi connectivity index (χ4n) is 2.55. The predicted molar refractivity (Wildman–Crippen MR) is 69.2 cm³/mol. The molecule has 94 valence electrons. The third-order valence-corrected chi connectivity index (χ3v) is 3.60. The van der Waals surface area contributed by atoms with Crippen LogP contribution in [0.25, 0.3) is 11.0 Å². The molecule has 1 aliphatic carbocycles. The molecule has 5 nitrogen and oxygen atoms in total. The van der Waals surface area contributed by atoms with Gasteiger partial charge in [0.2, 0.25) is 5.95 Å². The number of hydrogen-bond acceptors (Lipinski definition) is 5. The largest absolute Gasteiger partial charge is 0.394 e. The van der Waals surface area contributed by atoms with Crippen LogP contribution >= 0.6 is 0 Å². The van der Waals surface area contributed by atoms with Crippen LogP contribution in [0.1, 0.15) is 25.7 Å². The second-order valence-corrected chi connectivity index (χ2v) is 4.89. The van der Waals surface area contributed by atoms with Crippen LogP contribution in [0.4, 0.5) is 5.95 Å². The van der Waals surface area contributed by atoms with Crippen molar-refractivity contribution < 1.29 is 5.11 Å². The standard InChI is InChI=1S/C13H16N4O/c18-9-13(7-3-4-8-13)15-12-14-10-5-1-2-6-11(10)16-17-12/h1-2,5-6,18H,3-4,7-9H2,(H,14,15,17). The predicted octanol–water partition coefficient (Wildman–Crippen LogP) is 1.74. The van der Waals surface area contributed by atoms with Crippen molar-refractivity contribution >= 4 is 17.0 Å². The molecule has 0 radical (unpaired) electrons. The Hall–Kier alpha value is -1.75. The summed E-state index contributed by atoms with van der Waals surface area (Å²) < 4.78 is 0. The van der Waals surface area contributed by atoms with Gasteiger partial charge in [-0.25, -0.2) is 4.98 Å². The van der Waals surface area contributed by atoms with E-state index in [-0.39, 0.29) is 12.1 Å². The molecule has 5 heteroatoms. The zero-order chi connectivity index (χ0) is 12.4. The number of benzene rings is 1. The number of aliphatic hydroxyl groups excluding tert-OH is 1. The number of nitrogens with zero attached hydrogens (tertiary/aromatic N) is 3. The summed E-state index contributed by atoms with van der Waals surface area (Å²) in [5.74, 6) is 0.504. The first-order valence-electron chi connectivity index (χ1n) is 6.30. The van der Waals surface area contributed by atoms with Gasteiger partial charge < -0.3 is 10.4 Å². The number of anilines is 1. The van der Waals surface area contributed by atoms with E-state index in [0.29, 0.717) is 5.95 Å². The third-order valence-electron chi connectivity index (χ3n) is 3.60. The molecule has 1 aliphatic rings. The summed E-state index contributed by atoms with van der Waals surface area (Å²) >= 11 is 0. The van der Waals surface area contributed by atoms with Crippen molar-refractivity contribution in [3.05, 3.63) is 24.3 Å². The van der Waals surface area contributed by atoms with E-state index in [1.54, 1.807) is 0 Å². The molecule has 0 amide bonds. The molecule has 2 N–H and O–H groups in total. The minimum absolute atomic E-state index is 0.114. The Labute approximate surface area is 105 Å². The second-order valence-electron chi connectivity index (χ2n) is 4.89. The zero-order valence-electron chi connectivity index (χ0n) is 10.1. The number of rotatable bonds is 3. The van der Waals surface area contributed by atoms with Gasteiger partial charge in [-0.1, -0.05) is 25.0 Å². The van der Waals surface area contributed by atoms with E-state index in [4.69, 9.17) is 0 Å². The normalized spacial score (nSPS) is 18.1. The molecule has 0 atom stereocenters. The van der Waals surface area contributed by atoms with Gasteiger partial charge in [0.05, 0.1) is 17.7 Å². The van der Waals surface area contributed by atoms with Crippen LogP contribution < -0.4 is 5.32 Å². The highest BCUT2D eigenvalue weighted by atomic mass is 16.3. The molecule has 0 aliphatic heterocycles. The first-order valence-corrected chi connectivity index (χ1v) is 6.30. The molecule has 1 aromatic heterocycles. The van der Waals surface area contributed by atoms with Gasteiger partial charge >= 0.3 is 0 Å². The highest BCUT2D eigenvalue weighted by molar-refractivity contribution is 5.74. The number of fused-ring (bicyclic) bond motifs is 1. The van der Waals surface area contributed by atoms with Crippen molar-refractivity contribution in [2.45, 2.75) is 31.2 Å². The summed E-state index contributed by atoms with van der Waals surface area (Å²) in [5.41, 5.74) is 1.35. The lowest BCUT2D eigenvalue weighted by molar-refractivity contribution is 0.213. The summed E-state index contributed by atoms with van der Waals surface area (Å²) in [6.45, 7) is 0.114. The van der Waals surface area contributed by atoms with E-state index in [9.17, 15) is 5.11 Å². The first-order chi connectivity index (χ1) is 8.81. The maximum absolute atomic E-state index is 9.55. The third kappa shape index (κ3) is 2.01. The lowest BCUT2D eigenvalue weighted by atomic mass is 9.99. The summed E-state index contributed by atoms with van der Waals surface area (Å²) in [7, 11) is 0. The van der Waals surface area contributed by atoms with Crippen LogP contribution in [0.5, 0.6) is 0 Å². The van der Waals surface area contributed by atoms with Gasteiger partial charge in [0.15, 0.2) is 0 Å². The van der Waals surface area contributed by atoms with Gasteiger partial charge in [0.25, 0.3) is 0 Å². The van der Waals surface area contributed by atoms with Crippen LogP contribution in [-0.4, -0.2) is 32.4 Å². The van der Waals surface area contributed by atoms with E-state index in [0.717, 1.165) is 36.7 Å². The Morgan fingerprint density at radius 1 is 1.11 bits per heavy atom. The molecular formula is C13H16N4O. The van der Waals surface area contributed by atoms with Crippen molar-refractivity contribution in [3.8, 4) is 0 Å². The number of aliphatic hydroxyl groups is 1. The van der Waals surface area contributed by atoms with Crippen LogP contribution in [-0.2, 0) is 0 Å². The van der Waals surface area contributed by atoms with Crippen molar-refractivity contribution in [2.75, 3.05) is 11.9 Å². The molecule has 1 saturated carbocycles. The Bertz CT molecular complexity index is 551. The van der Waals surface area contributed by atoms with Crippen molar-refractivity contribution in [2.24, 2.45) is 0 Å². The minimum Gasteiger partial charge on any atom is -0.394 e. The van der Waals surface area contributed by atoms with Crippen molar-refractivity contribution in [3.63, 3.8) is 0 Å². The summed E-state index contributed by atoms with van der Waals surface area (Å²) in [5, 5.41) is 21.0. The highest BCUT2D eigenvalue weighted by Crippen LogP contribution is 2.31. The zero-order valence-corrected chi connectivity index (χ0v) is 10.1. The molecule has 0 saturated heterocycles. The number of para-hydroxylation sites is 1. The van der Waals surface area contributed by atoms with Crippen LogP contribution in [0.15, 0.2) is 24.3 Å². The van der Waals surface area contributed by atoms with E-state index >= 15 is 0 Å². The van der Waals surface area contributed by atoms with E-state index in [1.165, 1.54) is 0 Å². The molecule has 0 unspecified atom stereocenters. The van der Waals surface area contributed by atoms with Crippen molar-refractivity contribution in [1.82, 2.24) is 15.2 Å². The maximum Gasteiger partial charge on any atom is 0.243 e. The van der Waals surface area contributed by atoms with Crippen LogP contribution in [0.2, 0.25) is 0 Å². The second kappa shape index (κ2) is 4.49. The average Bonchev–Trinajstić information content (AvgIpc) is 2.88. The topological polar surface area (TPSA) is 70.9 Å². The van der Waals surface area contributed by atoms with Gasteiger partial charge in [-0.05, 0) is 25.0 Å². The quantitative estimate of drug-likeness (QED) is 0.860. The molecule has 0 bridgehead atoms. The molecule has 2 aromatic rings. The summed E-state index contributed by atoms with van der Waals surface area (Å²) in [6.07, 6.45) is 4.18. The number of nitrogens with one attached hydrogen (secondary N) is 1. The number of aromatic nitrogens is 3. The average molecular weight is 244 g/mol. The van der Waals surface area contributed by atoms with Gasteiger partial charge in [0.1, 0.15) is 5.52 Å². The van der Waals surface area contributed by atoms with Crippen molar-refractivity contribution in [1.29, 1.82) is 0 Å². The van der Waals surface area contributed by atoms with Crippen LogP contribution in [0, 0.1) is 0 Å². The fraction of sp³-hybridized carbons (Fsp3) is 0.462. The fourth-order valence-corrected chi connectivity index (χ4v) is 2.55. The van der Waals surface area contributed by atoms with E-state index in [1.807, 2.05) is 24.3 Å². The Morgan fingerprint density at radius 2 is 1.83 bits per heavy atom. The molecule has 1 fully saturated rings. The van der Waals surface area contributed by atoms with Gasteiger partial charge in [0, 0.05) is 0 Å². The molecule has 0 spiro atoms. The smallest absolute Gasteiger partial charge is 0.243 e. The molecule has 3 rings (SSSR count). The summed E-state index contributed by atoms with van der Waals surface area (Å²) in [6, 6.07) is 7.64. The van der Waals surface area contributed by atoms with Gasteiger partial charge in [-0.3, -0.25) is 0 Å². The molecular weight excluding hydrogens is 228 g/mol. The molecule has 1 aromatic carbocycles. The minimum atomic E-state index is -0.260. The monoisotopic (exact) mass is 244 g/mol. The Kier molecular flexibility index (Phi) is 2.83. The molecule has 1 heterocycles. The lowest BCUT2D eigenvalue weighted by Crippen LogP contribution is -2.39. The Balaban J connectivity index is 1.90. The van der Waals surface area contributed by atoms with E-state index < -0.39 is 0 Å². The van der Waals surface area contributed by atoms with Crippen LogP contribution in [0.3, 0.4) is 0 Å². The highest BCUT2D eigenvalue weighted by Gasteiger charge is 2.33. The molecule has 18 heavy (non-hydrogen) atoms. The van der Waals surface area contributed by atoms with E-state index in [2.05, 4.69) is 20.5 Å². The first kappa shape index (κ1) is 11.3. The SMILES string of the molecule is OCC1(Nc2nnc3ccccc3n2)CCCC1. The van der Waals surface area contributed by atoms with Gasteiger partial charge in [-0.2, -0.15) is 0 Å². The lowest BCUT2D eigenvalue weighted by Gasteiger charge is -2.27. The van der Waals surface area contributed by atoms with Gasteiger partial charge in [-0.15, -0.1) is 10.2 Å². The Morgan fingerprint density at radius 3 is 2.56 bits per heavy atom.